The van der Waals surface area contributed by atoms with Gasteiger partial charge in [-0.15, -0.1) is 0 Å². The number of nitrogens with zero attached hydrogens (tertiary/aromatic N) is 1. The van der Waals surface area contributed by atoms with Gasteiger partial charge in [0.25, 0.3) is 5.91 Å². The van der Waals surface area contributed by atoms with E-state index in [4.69, 9.17) is 4.74 Å². The number of fused-ring (bicyclic) bond motifs is 1. The first-order chi connectivity index (χ1) is 8.63. The first kappa shape index (κ1) is 13.4. The van der Waals surface area contributed by atoms with E-state index in [0.717, 1.165) is 41.8 Å². The molecule has 0 saturated carbocycles. The lowest BCUT2D eigenvalue weighted by Crippen LogP contribution is -2.38. The molecule has 2 rings (SSSR count). The highest BCUT2D eigenvalue weighted by molar-refractivity contribution is 9.09. The summed E-state index contributed by atoms with van der Waals surface area (Å²) in [5.74, 6) is 1.02. The summed E-state index contributed by atoms with van der Waals surface area (Å²) in [7, 11) is 0. The van der Waals surface area contributed by atoms with Gasteiger partial charge in [0.05, 0.1) is 6.61 Å². The minimum atomic E-state index is 0.0964. The second-order valence-corrected chi connectivity index (χ2v) is 5.50. The second kappa shape index (κ2) is 5.74. The van der Waals surface area contributed by atoms with Crippen LogP contribution in [0.3, 0.4) is 0 Å². The summed E-state index contributed by atoms with van der Waals surface area (Å²) < 4.78 is 5.46. The van der Waals surface area contributed by atoms with Crippen LogP contribution in [0.1, 0.15) is 29.8 Å². The van der Waals surface area contributed by atoms with Crippen LogP contribution in [0.15, 0.2) is 18.2 Å². The Hall–Kier alpha value is -1.03. The zero-order valence-corrected chi connectivity index (χ0v) is 12.4. The number of halogens is 1. The Kier molecular flexibility index (Phi) is 4.27. The van der Waals surface area contributed by atoms with Crippen molar-refractivity contribution >= 4 is 21.8 Å². The Labute approximate surface area is 116 Å². The van der Waals surface area contributed by atoms with Crippen LogP contribution in [0.4, 0.5) is 0 Å². The Morgan fingerprint density at radius 2 is 2.28 bits per heavy atom. The number of ether oxygens (including phenoxy) is 1. The molecule has 1 amide bonds. The van der Waals surface area contributed by atoms with Crippen molar-refractivity contribution in [2.45, 2.75) is 26.3 Å². The molecule has 1 aromatic carbocycles. The highest BCUT2D eigenvalue weighted by atomic mass is 79.9. The highest BCUT2D eigenvalue weighted by Gasteiger charge is 2.20. The average molecular weight is 312 g/mol. The lowest BCUT2D eigenvalue weighted by molar-refractivity contribution is 0.0719. The molecule has 0 atom stereocenters. The monoisotopic (exact) mass is 311 g/mol. The van der Waals surface area contributed by atoms with Gasteiger partial charge >= 0.3 is 0 Å². The number of carbonyl (C=O) groups is 1. The maximum atomic E-state index is 12.4. The van der Waals surface area contributed by atoms with Crippen LogP contribution in [0, 0.1) is 0 Å². The van der Waals surface area contributed by atoms with Crippen LogP contribution in [0.5, 0.6) is 5.75 Å². The van der Waals surface area contributed by atoms with Crippen molar-refractivity contribution in [3.05, 3.63) is 29.3 Å². The van der Waals surface area contributed by atoms with E-state index in [2.05, 4.69) is 15.9 Å². The Morgan fingerprint density at radius 3 is 2.94 bits per heavy atom. The number of hydrogen-bond acceptors (Lipinski definition) is 2. The number of hydrogen-bond donors (Lipinski definition) is 0. The quantitative estimate of drug-likeness (QED) is 0.800. The van der Waals surface area contributed by atoms with E-state index < -0.39 is 0 Å². The molecule has 98 valence electrons. The smallest absolute Gasteiger partial charge is 0.254 e. The van der Waals surface area contributed by atoms with E-state index in [1.165, 1.54) is 0 Å². The summed E-state index contributed by atoms with van der Waals surface area (Å²) in [5, 5.41) is 0.797. The molecule has 0 fully saturated rings. The molecule has 1 aliphatic rings. The van der Waals surface area contributed by atoms with Gasteiger partial charge in [0, 0.05) is 29.9 Å². The standard InChI is InChI=1S/C14H18BrNO2/c1-10(2)16(7-6-15)14(17)12-3-4-13-11(9-12)5-8-18-13/h3-4,9-10H,5-8H2,1-2H3. The van der Waals surface area contributed by atoms with Gasteiger partial charge in [0.1, 0.15) is 5.75 Å². The lowest BCUT2D eigenvalue weighted by Gasteiger charge is -2.26. The number of benzene rings is 1. The minimum Gasteiger partial charge on any atom is -0.493 e. The van der Waals surface area contributed by atoms with Crippen LogP contribution in [0.2, 0.25) is 0 Å². The Balaban J connectivity index is 2.22. The molecular weight excluding hydrogens is 294 g/mol. The first-order valence-corrected chi connectivity index (χ1v) is 7.38. The van der Waals surface area contributed by atoms with Crippen molar-refractivity contribution in [2.75, 3.05) is 18.5 Å². The van der Waals surface area contributed by atoms with Crippen LogP contribution < -0.4 is 4.74 Å². The maximum absolute atomic E-state index is 12.4. The number of rotatable bonds is 4. The van der Waals surface area contributed by atoms with Gasteiger partial charge in [-0.05, 0) is 37.6 Å². The first-order valence-electron chi connectivity index (χ1n) is 6.26. The topological polar surface area (TPSA) is 29.5 Å². The summed E-state index contributed by atoms with van der Waals surface area (Å²) in [6, 6.07) is 5.94. The number of carbonyl (C=O) groups excluding carboxylic acids is 1. The normalized spacial score (nSPS) is 13.3. The summed E-state index contributed by atoms with van der Waals surface area (Å²) in [5.41, 5.74) is 1.90. The van der Waals surface area contributed by atoms with Gasteiger partial charge in [-0.2, -0.15) is 0 Å². The SMILES string of the molecule is CC(C)N(CCBr)C(=O)c1ccc2c(c1)CCO2. The van der Waals surface area contributed by atoms with Gasteiger partial charge in [0.15, 0.2) is 0 Å². The molecule has 1 heterocycles. The molecule has 0 saturated heterocycles. The lowest BCUT2D eigenvalue weighted by atomic mass is 10.1. The van der Waals surface area contributed by atoms with Crippen molar-refractivity contribution in [3.63, 3.8) is 0 Å². The van der Waals surface area contributed by atoms with E-state index in [9.17, 15) is 4.79 Å². The molecule has 1 aromatic rings. The maximum Gasteiger partial charge on any atom is 0.254 e. The van der Waals surface area contributed by atoms with Crippen molar-refractivity contribution in [3.8, 4) is 5.75 Å². The molecule has 0 radical (unpaired) electrons. The minimum absolute atomic E-state index is 0.0964. The van der Waals surface area contributed by atoms with Crippen LogP contribution in [0.25, 0.3) is 0 Å². The fraction of sp³-hybridized carbons (Fsp3) is 0.500. The summed E-state index contributed by atoms with van der Waals surface area (Å²) in [6.07, 6.45) is 0.899. The van der Waals surface area contributed by atoms with E-state index in [1.54, 1.807) is 0 Å². The largest absolute Gasteiger partial charge is 0.493 e. The predicted molar refractivity (Wildman–Crippen MR) is 75.6 cm³/mol. The Morgan fingerprint density at radius 1 is 1.50 bits per heavy atom. The number of alkyl halides is 1. The third-order valence-electron chi connectivity index (χ3n) is 3.15. The van der Waals surface area contributed by atoms with Gasteiger partial charge in [-0.25, -0.2) is 0 Å². The zero-order valence-electron chi connectivity index (χ0n) is 10.8. The van der Waals surface area contributed by atoms with Crippen molar-refractivity contribution < 1.29 is 9.53 Å². The Bertz CT molecular complexity index is 445. The third-order valence-corrected chi connectivity index (χ3v) is 3.50. The van der Waals surface area contributed by atoms with Crippen molar-refractivity contribution in [2.24, 2.45) is 0 Å². The van der Waals surface area contributed by atoms with E-state index in [-0.39, 0.29) is 11.9 Å². The van der Waals surface area contributed by atoms with Gasteiger partial charge < -0.3 is 9.64 Å². The molecule has 0 unspecified atom stereocenters. The van der Waals surface area contributed by atoms with Gasteiger partial charge in [0.2, 0.25) is 0 Å². The summed E-state index contributed by atoms with van der Waals surface area (Å²) in [4.78, 5) is 14.3. The predicted octanol–water partition coefficient (Wildman–Crippen LogP) is 2.87. The molecule has 0 spiro atoms. The third kappa shape index (κ3) is 2.69. The second-order valence-electron chi connectivity index (χ2n) is 4.70. The molecule has 0 aliphatic carbocycles. The van der Waals surface area contributed by atoms with Gasteiger partial charge in [-0.3, -0.25) is 4.79 Å². The molecule has 0 aromatic heterocycles. The molecule has 3 nitrogen and oxygen atoms in total. The van der Waals surface area contributed by atoms with E-state index >= 15 is 0 Å². The van der Waals surface area contributed by atoms with Gasteiger partial charge in [-0.1, -0.05) is 15.9 Å². The fourth-order valence-electron chi connectivity index (χ4n) is 2.17. The molecule has 0 N–H and O–H groups in total. The molecule has 18 heavy (non-hydrogen) atoms. The zero-order chi connectivity index (χ0) is 13.1. The number of amides is 1. The average Bonchev–Trinajstić information content (AvgIpc) is 2.81. The van der Waals surface area contributed by atoms with Crippen molar-refractivity contribution in [1.82, 2.24) is 4.90 Å². The fourth-order valence-corrected chi connectivity index (χ4v) is 2.55. The van der Waals surface area contributed by atoms with E-state index in [1.807, 2.05) is 36.9 Å². The molecule has 0 bridgehead atoms. The van der Waals surface area contributed by atoms with Crippen LogP contribution in [-0.2, 0) is 6.42 Å². The summed E-state index contributed by atoms with van der Waals surface area (Å²) >= 11 is 3.40. The molecule has 4 heteroatoms. The highest BCUT2D eigenvalue weighted by Crippen LogP contribution is 2.26. The van der Waals surface area contributed by atoms with Crippen LogP contribution >= 0.6 is 15.9 Å². The summed E-state index contributed by atoms with van der Waals surface area (Å²) in [6.45, 7) is 5.53. The molecular formula is C14H18BrNO2. The van der Waals surface area contributed by atoms with Crippen molar-refractivity contribution in [1.29, 1.82) is 0 Å². The van der Waals surface area contributed by atoms with E-state index in [0.29, 0.717) is 0 Å². The molecule has 1 aliphatic heterocycles. The van der Waals surface area contributed by atoms with Crippen LogP contribution in [-0.4, -0.2) is 35.3 Å².